The normalized spacial score (nSPS) is 9.96. The Labute approximate surface area is 154 Å². The number of rotatable bonds is 6. The van der Waals surface area contributed by atoms with Crippen LogP contribution in [0.4, 0.5) is 9.80 Å². The number of ether oxygens (including phenoxy) is 3. The fourth-order valence-electron chi connectivity index (χ4n) is 2.03. The second kappa shape index (κ2) is 8.86. The minimum absolute atomic E-state index is 0.143. The van der Waals surface area contributed by atoms with E-state index in [0.29, 0.717) is 22.1 Å². The third-order valence-corrected chi connectivity index (χ3v) is 4.07. The molecule has 0 bridgehead atoms. The molecule has 0 saturated carbocycles. The fraction of sp³-hybridized carbons (Fsp3) is 0.235. The third-order valence-electron chi connectivity index (χ3n) is 3.24. The van der Waals surface area contributed by atoms with E-state index in [9.17, 15) is 14.4 Å². The van der Waals surface area contributed by atoms with E-state index >= 15 is 0 Å². The summed E-state index contributed by atoms with van der Waals surface area (Å²) in [6.07, 6.45) is -0.849. The number of carbonyl (C=O) groups is 3. The summed E-state index contributed by atoms with van der Waals surface area (Å²) >= 11 is 1.15. The Morgan fingerprint density at radius 2 is 1.69 bits per heavy atom. The van der Waals surface area contributed by atoms with Gasteiger partial charge in [-0.3, -0.25) is 14.9 Å². The smallest absolute Gasteiger partial charge is 0.414 e. The third kappa shape index (κ3) is 4.73. The van der Waals surface area contributed by atoms with Crippen LogP contribution in [0.15, 0.2) is 29.6 Å². The van der Waals surface area contributed by atoms with Crippen LogP contribution < -0.4 is 20.1 Å². The number of nitrogens with one attached hydrogen (secondary N) is 2. The van der Waals surface area contributed by atoms with Crippen LogP contribution in [0.1, 0.15) is 27.6 Å². The number of hydrogen-bond donors (Lipinski definition) is 2. The van der Waals surface area contributed by atoms with Gasteiger partial charge >= 0.3 is 6.09 Å². The van der Waals surface area contributed by atoms with E-state index in [2.05, 4.69) is 15.4 Å². The Bertz CT molecular complexity index is 795. The summed E-state index contributed by atoms with van der Waals surface area (Å²) in [5, 5.41) is 6.67. The molecule has 9 heteroatoms. The van der Waals surface area contributed by atoms with E-state index in [-0.39, 0.29) is 12.2 Å². The summed E-state index contributed by atoms with van der Waals surface area (Å²) in [4.78, 5) is 36.0. The molecule has 0 aliphatic heterocycles. The van der Waals surface area contributed by atoms with E-state index in [1.165, 1.54) is 20.3 Å². The van der Waals surface area contributed by atoms with Gasteiger partial charge in [-0.15, -0.1) is 11.3 Å². The molecule has 1 aromatic heterocycles. The molecule has 26 heavy (non-hydrogen) atoms. The Morgan fingerprint density at radius 1 is 1.04 bits per heavy atom. The van der Waals surface area contributed by atoms with Crippen LogP contribution in [0, 0.1) is 0 Å². The molecule has 2 aromatic rings. The number of thiophene rings is 1. The van der Waals surface area contributed by atoms with E-state index in [0.717, 1.165) is 11.3 Å². The minimum Gasteiger partial charge on any atom is -0.497 e. The van der Waals surface area contributed by atoms with Gasteiger partial charge in [-0.1, -0.05) is 0 Å². The highest BCUT2D eigenvalue weighted by molar-refractivity contribution is 7.14. The number of anilines is 1. The van der Waals surface area contributed by atoms with Crippen molar-refractivity contribution in [2.75, 3.05) is 26.1 Å². The van der Waals surface area contributed by atoms with Gasteiger partial charge in [0, 0.05) is 11.6 Å². The van der Waals surface area contributed by atoms with E-state index in [4.69, 9.17) is 9.47 Å². The number of carbonyl (C=O) groups excluding carboxylic acids is 3. The second-order valence-electron chi connectivity index (χ2n) is 4.89. The molecule has 3 amide bonds. The molecular formula is C17H18N2O6S. The first-order chi connectivity index (χ1) is 12.5. The average Bonchev–Trinajstić information content (AvgIpc) is 3.09. The topological polar surface area (TPSA) is 103 Å². The molecule has 2 rings (SSSR count). The maximum Gasteiger partial charge on any atom is 0.414 e. The van der Waals surface area contributed by atoms with Crippen LogP contribution in [-0.2, 0) is 4.74 Å². The van der Waals surface area contributed by atoms with E-state index in [1.807, 2.05) is 0 Å². The van der Waals surface area contributed by atoms with Crippen molar-refractivity contribution in [1.82, 2.24) is 5.32 Å². The lowest BCUT2D eigenvalue weighted by atomic mass is 10.2. The number of hydrogen-bond acceptors (Lipinski definition) is 7. The van der Waals surface area contributed by atoms with Gasteiger partial charge in [0.05, 0.1) is 26.4 Å². The SMILES string of the molecule is CCOC(=O)NC(=O)c1ccsc1NC(=O)c1cc(OC)cc(OC)c1. The van der Waals surface area contributed by atoms with Crippen molar-refractivity contribution in [3.63, 3.8) is 0 Å². The summed E-state index contributed by atoms with van der Waals surface area (Å²) < 4.78 is 14.9. The molecule has 0 spiro atoms. The Kier molecular flexibility index (Phi) is 6.56. The lowest BCUT2D eigenvalue weighted by Gasteiger charge is -2.10. The van der Waals surface area contributed by atoms with Crippen LogP contribution in [0.5, 0.6) is 11.5 Å². The summed E-state index contributed by atoms with van der Waals surface area (Å²) in [6.45, 7) is 1.77. The molecule has 138 valence electrons. The summed E-state index contributed by atoms with van der Waals surface area (Å²) in [5.41, 5.74) is 0.456. The molecular weight excluding hydrogens is 360 g/mol. The maximum absolute atomic E-state index is 12.5. The number of amides is 3. The monoisotopic (exact) mass is 378 g/mol. The molecule has 1 aromatic carbocycles. The van der Waals surface area contributed by atoms with E-state index in [1.54, 1.807) is 30.5 Å². The van der Waals surface area contributed by atoms with Crippen molar-refractivity contribution in [2.45, 2.75) is 6.92 Å². The lowest BCUT2D eigenvalue weighted by Crippen LogP contribution is -2.31. The van der Waals surface area contributed by atoms with Crippen molar-refractivity contribution < 1.29 is 28.6 Å². The molecule has 2 N–H and O–H groups in total. The van der Waals surface area contributed by atoms with Crippen LogP contribution in [0.2, 0.25) is 0 Å². The van der Waals surface area contributed by atoms with Crippen molar-refractivity contribution >= 4 is 34.2 Å². The number of methoxy groups -OCH3 is 2. The Morgan fingerprint density at radius 3 is 2.27 bits per heavy atom. The summed E-state index contributed by atoms with van der Waals surface area (Å²) in [6, 6.07) is 6.23. The fourth-order valence-corrected chi connectivity index (χ4v) is 2.81. The largest absolute Gasteiger partial charge is 0.497 e. The van der Waals surface area contributed by atoms with Crippen molar-refractivity contribution in [3.05, 3.63) is 40.8 Å². The summed E-state index contributed by atoms with van der Waals surface area (Å²) in [7, 11) is 2.96. The highest BCUT2D eigenvalue weighted by atomic mass is 32.1. The predicted molar refractivity (Wildman–Crippen MR) is 96.3 cm³/mol. The van der Waals surface area contributed by atoms with Crippen LogP contribution in [-0.4, -0.2) is 38.7 Å². The van der Waals surface area contributed by atoms with Crippen LogP contribution in [0.3, 0.4) is 0 Å². The highest BCUT2D eigenvalue weighted by Gasteiger charge is 2.19. The quantitative estimate of drug-likeness (QED) is 0.801. The molecule has 0 unspecified atom stereocenters. The maximum atomic E-state index is 12.5. The molecule has 8 nitrogen and oxygen atoms in total. The number of alkyl carbamates (subject to hydrolysis) is 1. The van der Waals surface area contributed by atoms with Gasteiger partial charge in [-0.25, -0.2) is 4.79 Å². The van der Waals surface area contributed by atoms with Gasteiger partial charge in [0.25, 0.3) is 11.8 Å². The Balaban J connectivity index is 2.17. The first-order valence-corrected chi connectivity index (χ1v) is 8.46. The van der Waals surface area contributed by atoms with Crippen molar-refractivity contribution in [2.24, 2.45) is 0 Å². The molecule has 0 aliphatic rings. The first kappa shape index (κ1) is 19.3. The zero-order chi connectivity index (χ0) is 19.1. The highest BCUT2D eigenvalue weighted by Crippen LogP contribution is 2.26. The zero-order valence-electron chi connectivity index (χ0n) is 14.5. The van der Waals surface area contributed by atoms with Gasteiger partial charge in [0.1, 0.15) is 16.5 Å². The first-order valence-electron chi connectivity index (χ1n) is 7.58. The summed E-state index contributed by atoms with van der Waals surface area (Å²) in [5.74, 6) is -0.194. The van der Waals surface area contributed by atoms with Crippen LogP contribution >= 0.6 is 11.3 Å². The van der Waals surface area contributed by atoms with Gasteiger partial charge in [0.15, 0.2) is 0 Å². The molecule has 0 atom stereocenters. The molecule has 0 aliphatic carbocycles. The second-order valence-corrected chi connectivity index (χ2v) is 5.81. The van der Waals surface area contributed by atoms with Gasteiger partial charge in [-0.2, -0.15) is 0 Å². The average molecular weight is 378 g/mol. The molecule has 0 fully saturated rings. The van der Waals surface area contributed by atoms with Gasteiger partial charge in [0.2, 0.25) is 0 Å². The predicted octanol–water partition coefficient (Wildman–Crippen LogP) is 2.90. The van der Waals surface area contributed by atoms with Crippen molar-refractivity contribution in [3.8, 4) is 11.5 Å². The van der Waals surface area contributed by atoms with E-state index < -0.39 is 17.9 Å². The van der Waals surface area contributed by atoms with Gasteiger partial charge in [-0.05, 0) is 30.5 Å². The lowest BCUT2D eigenvalue weighted by molar-refractivity contribution is 0.0926. The zero-order valence-corrected chi connectivity index (χ0v) is 15.3. The number of benzene rings is 1. The van der Waals surface area contributed by atoms with Crippen molar-refractivity contribution in [1.29, 1.82) is 0 Å². The van der Waals surface area contributed by atoms with Crippen LogP contribution in [0.25, 0.3) is 0 Å². The number of imide groups is 1. The van der Waals surface area contributed by atoms with Gasteiger partial charge < -0.3 is 19.5 Å². The minimum atomic E-state index is -0.849. The molecule has 0 radical (unpaired) electrons. The standard InChI is InChI=1S/C17H18N2O6S/c1-4-25-17(22)19-15(21)13-5-6-26-16(13)18-14(20)10-7-11(23-2)9-12(8-10)24-3/h5-9H,4H2,1-3H3,(H,18,20)(H,19,21,22). The Hall–Kier alpha value is -3.07. The molecule has 1 heterocycles. The molecule has 0 saturated heterocycles.